The average Bonchev–Trinajstić information content (AvgIpc) is 2.75. The number of hydrogen-bond acceptors (Lipinski definition) is 3. The zero-order valence-electron chi connectivity index (χ0n) is 10.4. The number of carboxylic acid groups (broad SMARTS) is 1. The Labute approximate surface area is 102 Å². The lowest BCUT2D eigenvalue weighted by molar-refractivity contribution is -0.147. The summed E-state index contributed by atoms with van der Waals surface area (Å²) >= 11 is 0. The molecule has 17 heavy (non-hydrogen) atoms. The highest BCUT2D eigenvalue weighted by atomic mass is 16.4. The Morgan fingerprint density at radius 1 is 1.41 bits per heavy atom. The highest BCUT2D eigenvalue weighted by molar-refractivity contribution is 5.89. The predicted octanol–water partition coefficient (Wildman–Crippen LogP) is 1.02. The maximum atomic E-state index is 11.8. The maximum Gasteiger partial charge on any atom is 0.329 e. The monoisotopic (exact) mass is 242 g/mol. The van der Waals surface area contributed by atoms with Crippen molar-refractivity contribution < 1.29 is 14.7 Å². The highest BCUT2D eigenvalue weighted by Gasteiger charge is 2.43. The molecule has 0 aromatic rings. The van der Waals surface area contributed by atoms with E-state index in [2.05, 4.69) is 5.32 Å². The second-order valence-electron chi connectivity index (χ2n) is 4.83. The number of unbranched alkanes of at least 4 members (excludes halogenated alkanes) is 1. The van der Waals surface area contributed by atoms with Gasteiger partial charge in [-0.1, -0.05) is 32.6 Å². The molecule has 1 rings (SSSR count). The van der Waals surface area contributed by atoms with E-state index in [9.17, 15) is 14.7 Å². The summed E-state index contributed by atoms with van der Waals surface area (Å²) < 4.78 is 0. The van der Waals surface area contributed by atoms with E-state index in [-0.39, 0.29) is 5.91 Å². The van der Waals surface area contributed by atoms with E-state index < -0.39 is 17.6 Å². The molecule has 1 aliphatic rings. The minimum atomic E-state index is -1.07. The molecule has 0 spiro atoms. The molecule has 1 fully saturated rings. The Morgan fingerprint density at radius 2 is 2.00 bits per heavy atom. The van der Waals surface area contributed by atoms with Crippen LogP contribution in [0.5, 0.6) is 0 Å². The lowest BCUT2D eigenvalue weighted by Gasteiger charge is -2.27. The molecule has 1 aliphatic carbocycles. The van der Waals surface area contributed by atoms with E-state index in [0.29, 0.717) is 19.3 Å². The van der Waals surface area contributed by atoms with Crippen LogP contribution >= 0.6 is 0 Å². The maximum absolute atomic E-state index is 11.8. The van der Waals surface area contributed by atoms with Gasteiger partial charge in [0.2, 0.25) is 5.91 Å². The Kier molecular flexibility index (Phi) is 4.93. The summed E-state index contributed by atoms with van der Waals surface area (Å²) in [6.07, 6.45) is 5.18. The second kappa shape index (κ2) is 6.00. The standard InChI is InChI=1S/C12H22N2O3/c1-2-3-6-9(13)10(15)14-12(11(16)17)7-4-5-8-12/h9H,2-8,13H2,1H3,(H,14,15)(H,16,17)/t9-/m0/s1. The van der Waals surface area contributed by atoms with Gasteiger partial charge in [-0.15, -0.1) is 0 Å². The topological polar surface area (TPSA) is 92.4 Å². The molecular weight excluding hydrogens is 220 g/mol. The van der Waals surface area contributed by atoms with Gasteiger partial charge in [0.1, 0.15) is 5.54 Å². The predicted molar refractivity (Wildman–Crippen MR) is 64.5 cm³/mol. The zero-order valence-corrected chi connectivity index (χ0v) is 10.4. The molecule has 0 bridgehead atoms. The van der Waals surface area contributed by atoms with E-state index in [4.69, 9.17) is 5.73 Å². The van der Waals surface area contributed by atoms with Crippen LogP contribution in [0.15, 0.2) is 0 Å². The Balaban J connectivity index is 2.56. The number of amides is 1. The van der Waals surface area contributed by atoms with Crippen LogP contribution in [0.3, 0.4) is 0 Å². The summed E-state index contributed by atoms with van der Waals surface area (Å²) in [6, 6.07) is -0.591. The number of rotatable bonds is 6. The lowest BCUT2D eigenvalue weighted by atomic mass is 9.97. The molecule has 1 amide bonds. The van der Waals surface area contributed by atoms with Crippen molar-refractivity contribution in [2.75, 3.05) is 0 Å². The Bertz CT molecular complexity index is 285. The van der Waals surface area contributed by atoms with Gasteiger partial charge >= 0.3 is 5.97 Å². The average molecular weight is 242 g/mol. The molecule has 5 heteroatoms. The van der Waals surface area contributed by atoms with E-state index >= 15 is 0 Å². The first kappa shape index (κ1) is 14.0. The van der Waals surface area contributed by atoms with Gasteiger partial charge in [0.25, 0.3) is 0 Å². The summed E-state index contributed by atoms with van der Waals surface area (Å²) in [6.45, 7) is 2.03. The summed E-state index contributed by atoms with van der Waals surface area (Å²) in [5, 5.41) is 11.9. The first-order valence-electron chi connectivity index (χ1n) is 6.33. The molecule has 1 atom stereocenters. The summed E-state index contributed by atoms with van der Waals surface area (Å²) in [4.78, 5) is 23.1. The summed E-state index contributed by atoms with van der Waals surface area (Å²) in [5.74, 6) is -1.27. The van der Waals surface area contributed by atoms with Crippen molar-refractivity contribution in [3.63, 3.8) is 0 Å². The SMILES string of the molecule is CCCC[C@H](N)C(=O)NC1(C(=O)O)CCCC1. The van der Waals surface area contributed by atoms with E-state index in [1.165, 1.54) is 0 Å². The van der Waals surface area contributed by atoms with Gasteiger partial charge < -0.3 is 16.2 Å². The quantitative estimate of drug-likeness (QED) is 0.648. The zero-order chi connectivity index (χ0) is 12.9. The fourth-order valence-corrected chi connectivity index (χ4v) is 2.25. The van der Waals surface area contributed by atoms with Crippen molar-refractivity contribution in [2.45, 2.75) is 63.5 Å². The van der Waals surface area contributed by atoms with Crippen LogP contribution in [0.4, 0.5) is 0 Å². The molecule has 0 heterocycles. The van der Waals surface area contributed by atoms with Crippen LogP contribution in [-0.4, -0.2) is 28.6 Å². The van der Waals surface area contributed by atoms with Gasteiger partial charge in [0.15, 0.2) is 0 Å². The molecule has 0 aromatic heterocycles. The minimum Gasteiger partial charge on any atom is -0.480 e. The fraction of sp³-hybridized carbons (Fsp3) is 0.833. The lowest BCUT2D eigenvalue weighted by Crippen LogP contribution is -2.56. The van der Waals surface area contributed by atoms with E-state index in [0.717, 1.165) is 25.7 Å². The van der Waals surface area contributed by atoms with Crippen molar-refractivity contribution in [3.05, 3.63) is 0 Å². The van der Waals surface area contributed by atoms with Gasteiger partial charge in [0.05, 0.1) is 6.04 Å². The molecule has 0 radical (unpaired) electrons. The largest absolute Gasteiger partial charge is 0.480 e. The van der Waals surface area contributed by atoms with Gasteiger partial charge in [-0.3, -0.25) is 4.79 Å². The van der Waals surface area contributed by atoms with Gasteiger partial charge in [-0.2, -0.15) is 0 Å². The number of hydrogen-bond donors (Lipinski definition) is 3. The fourth-order valence-electron chi connectivity index (χ4n) is 2.25. The molecule has 5 nitrogen and oxygen atoms in total. The Morgan fingerprint density at radius 3 is 2.47 bits per heavy atom. The van der Waals surface area contributed by atoms with Gasteiger partial charge in [-0.25, -0.2) is 4.79 Å². The Hall–Kier alpha value is -1.10. The van der Waals surface area contributed by atoms with Gasteiger partial charge in [-0.05, 0) is 19.3 Å². The van der Waals surface area contributed by atoms with Crippen LogP contribution in [0.25, 0.3) is 0 Å². The van der Waals surface area contributed by atoms with Gasteiger partial charge in [0, 0.05) is 0 Å². The highest BCUT2D eigenvalue weighted by Crippen LogP contribution is 2.30. The molecule has 98 valence electrons. The number of aliphatic carboxylic acids is 1. The third kappa shape index (κ3) is 3.43. The smallest absolute Gasteiger partial charge is 0.329 e. The van der Waals surface area contributed by atoms with E-state index in [1.807, 2.05) is 6.92 Å². The molecule has 0 unspecified atom stereocenters. The van der Waals surface area contributed by atoms with Crippen LogP contribution in [0.1, 0.15) is 51.9 Å². The first-order valence-corrected chi connectivity index (χ1v) is 6.33. The van der Waals surface area contributed by atoms with Crippen molar-refractivity contribution in [2.24, 2.45) is 5.73 Å². The number of carbonyl (C=O) groups excluding carboxylic acids is 1. The summed E-state index contributed by atoms with van der Waals surface area (Å²) in [7, 11) is 0. The van der Waals surface area contributed by atoms with Crippen molar-refractivity contribution in [3.8, 4) is 0 Å². The van der Waals surface area contributed by atoms with Crippen molar-refractivity contribution >= 4 is 11.9 Å². The number of carboxylic acids is 1. The normalized spacial score (nSPS) is 19.9. The van der Waals surface area contributed by atoms with Crippen molar-refractivity contribution in [1.29, 1.82) is 0 Å². The second-order valence-corrected chi connectivity index (χ2v) is 4.83. The van der Waals surface area contributed by atoms with Crippen LogP contribution in [0.2, 0.25) is 0 Å². The molecule has 0 aliphatic heterocycles. The third-order valence-electron chi connectivity index (χ3n) is 3.43. The molecular formula is C12H22N2O3. The molecule has 1 saturated carbocycles. The third-order valence-corrected chi connectivity index (χ3v) is 3.43. The minimum absolute atomic E-state index is 0.331. The number of nitrogens with one attached hydrogen (secondary N) is 1. The number of carbonyl (C=O) groups is 2. The summed E-state index contributed by atoms with van der Waals surface area (Å²) in [5.41, 5.74) is 4.67. The first-order chi connectivity index (χ1) is 8.02. The van der Waals surface area contributed by atoms with Crippen molar-refractivity contribution in [1.82, 2.24) is 5.32 Å². The van der Waals surface area contributed by atoms with Crippen LogP contribution < -0.4 is 11.1 Å². The van der Waals surface area contributed by atoms with Crippen LogP contribution in [0, 0.1) is 0 Å². The van der Waals surface area contributed by atoms with E-state index in [1.54, 1.807) is 0 Å². The number of nitrogens with two attached hydrogens (primary N) is 1. The molecule has 4 N–H and O–H groups in total. The molecule has 0 saturated heterocycles. The molecule has 0 aromatic carbocycles. The van der Waals surface area contributed by atoms with Crippen LogP contribution in [-0.2, 0) is 9.59 Å².